The fraction of sp³-hybridized carbons (Fsp3) is 0.636. The van der Waals surface area contributed by atoms with Crippen molar-refractivity contribution in [3.05, 3.63) is 11.9 Å². The van der Waals surface area contributed by atoms with Crippen LogP contribution in [0.15, 0.2) is 6.07 Å². The van der Waals surface area contributed by atoms with Crippen LogP contribution in [0.2, 0.25) is 0 Å². The number of aromatic nitrogens is 2. The van der Waals surface area contributed by atoms with Gasteiger partial charge < -0.3 is 10.2 Å². The summed E-state index contributed by atoms with van der Waals surface area (Å²) in [5.74, 6) is 3.71. The SMILES string of the molecule is CNc1cc(N2CCC2)nc(C2CC2)n1. The van der Waals surface area contributed by atoms with E-state index >= 15 is 0 Å². The molecule has 3 rings (SSSR count). The summed E-state index contributed by atoms with van der Waals surface area (Å²) < 4.78 is 0. The van der Waals surface area contributed by atoms with E-state index < -0.39 is 0 Å². The van der Waals surface area contributed by atoms with Crippen LogP contribution >= 0.6 is 0 Å². The molecule has 1 saturated heterocycles. The summed E-state index contributed by atoms with van der Waals surface area (Å²) in [7, 11) is 1.92. The van der Waals surface area contributed by atoms with Crippen molar-refractivity contribution in [2.24, 2.45) is 0 Å². The summed E-state index contributed by atoms with van der Waals surface area (Å²) in [4.78, 5) is 11.5. The predicted octanol–water partition coefficient (Wildman–Crippen LogP) is 1.61. The molecule has 0 bridgehead atoms. The van der Waals surface area contributed by atoms with E-state index in [0.29, 0.717) is 5.92 Å². The second-order valence-corrected chi connectivity index (χ2v) is 4.33. The van der Waals surface area contributed by atoms with Gasteiger partial charge in [-0.1, -0.05) is 0 Å². The van der Waals surface area contributed by atoms with Crippen LogP contribution in [0.3, 0.4) is 0 Å². The zero-order valence-corrected chi connectivity index (χ0v) is 9.03. The first kappa shape index (κ1) is 8.95. The molecule has 1 aliphatic carbocycles. The van der Waals surface area contributed by atoms with E-state index in [1.807, 2.05) is 13.1 Å². The molecular formula is C11H16N4. The molecule has 1 aromatic rings. The van der Waals surface area contributed by atoms with Crippen molar-refractivity contribution in [2.75, 3.05) is 30.4 Å². The lowest BCUT2D eigenvalue weighted by Crippen LogP contribution is -2.37. The van der Waals surface area contributed by atoms with Crippen molar-refractivity contribution in [1.29, 1.82) is 0 Å². The van der Waals surface area contributed by atoms with Crippen LogP contribution in [-0.2, 0) is 0 Å². The van der Waals surface area contributed by atoms with E-state index in [1.165, 1.54) is 19.3 Å². The minimum atomic E-state index is 0.623. The highest BCUT2D eigenvalue weighted by Gasteiger charge is 2.28. The standard InChI is InChI=1S/C11H16N4/c1-12-9-7-10(15-5-2-6-15)14-11(13-9)8-3-4-8/h7-8H,2-6H2,1H3,(H,12,13,14). The highest BCUT2D eigenvalue weighted by atomic mass is 15.2. The lowest BCUT2D eigenvalue weighted by atomic mass is 10.2. The molecule has 15 heavy (non-hydrogen) atoms. The molecule has 0 radical (unpaired) electrons. The van der Waals surface area contributed by atoms with Gasteiger partial charge in [0.05, 0.1) is 0 Å². The van der Waals surface area contributed by atoms with Gasteiger partial charge in [-0.2, -0.15) is 0 Å². The van der Waals surface area contributed by atoms with Crippen LogP contribution in [0.1, 0.15) is 31.0 Å². The molecule has 0 unspecified atom stereocenters. The normalized spacial score (nSPS) is 19.9. The number of hydrogen-bond acceptors (Lipinski definition) is 4. The van der Waals surface area contributed by atoms with Gasteiger partial charge in [-0.3, -0.25) is 0 Å². The largest absolute Gasteiger partial charge is 0.373 e. The molecule has 1 saturated carbocycles. The Morgan fingerprint density at radius 2 is 2.13 bits per heavy atom. The number of hydrogen-bond donors (Lipinski definition) is 1. The highest BCUT2D eigenvalue weighted by molar-refractivity contribution is 5.50. The summed E-state index contributed by atoms with van der Waals surface area (Å²) in [6.45, 7) is 2.29. The first-order valence-electron chi connectivity index (χ1n) is 5.68. The molecule has 2 aliphatic rings. The fourth-order valence-electron chi connectivity index (χ4n) is 1.81. The maximum absolute atomic E-state index is 4.64. The number of anilines is 2. The maximum atomic E-state index is 4.64. The van der Waals surface area contributed by atoms with E-state index in [0.717, 1.165) is 30.5 Å². The van der Waals surface area contributed by atoms with Gasteiger partial charge in [-0.15, -0.1) is 0 Å². The topological polar surface area (TPSA) is 41.0 Å². The van der Waals surface area contributed by atoms with Crippen molar-refractivity contribution < 1.29 is 0 Å². The Hall–Kier alpha value is -1.32. The van der Waals surface area contributed by atoms with Crippen molar-refractivity contribution in [1.82, 2.24) is 9.97 Å². The summed E-state index contributed by atoms with van der Waals surface area (Å²) in [5.41, 5.74) is 0. The summed E-state index contributed by atoms with van der Waals surface area (Å²) >= 11 is 0. The average Bonchev–Trinajstić information content (AvgIpc) is 2.97. The Bertz CT molecular complexity index is 369. The number of nitrogens with zero attached hydrogens (tertiary/aromatic N) is 3. The lowest BCUT2D eigenvalue weighted by molar-refractivity contribution is 0.607. The quantitative estimate of drug-likeness (QED) is 0.812. The highest BCUT2D eigenvalue weighted by Crippen LogP contribution is 2.39. The Balaban J connectivity index is 1.93. The van der Waals surface area contributed by atoms with Crippen molar-refractivity contribution in [2.45, 2.75) is 25.2 Å². The molecule has 2 fully saturated rings. The van der Waals surface area contributed by atoms with E-state index in [4.69, 9.17) is 0 Å². The van der Waals surface area contributed by atoms with Crippen LogP contribution in [0.25, 0.3) is 0 Å². The van der Waals surface area contributed by atoms with E-state index in [1.54, 1.807) is 0 Å². The second kappa shape index (κ2) is 3.36. The van der Waals surface area contributed by atoms with E-state index in [-0.39, 0.29) is 0 Å². The molecule has 2 heterocycles. The van der Waals surface area contributed by atoms with Crippen LogP contribution < -0.4 is 10.2 Å². The summed E-state index contributed by atoms with van der Waals surface area (Å²) in [6, 6.07) is 2.05. The Labute approximate surface area is 89.7 Å². The van der Waals surface area contributed by atoms with E-state index in [9.17, 15) is 0 Å². The molecular weight excluding hydrogens is 188 g/mol. The smallest absolute Gasteiger partial charge is 0.136 e. The van der Waals surface area contributed by atoms with Crippen molar-refractivity contribution in [3.8, 4) is 0 Å². The minimum Gasteiger partial charge on any atom is -0.373 e. The molecule has 4 nitrogen and oxygen atoms in total. The van der Waals surface area contributed by atoms with Gasteiger partial charge in [-0.05, 0) is 19.3 Å². The van der Waals surface area contributed by atoms with Crippen molar-refractivity contribution >= 4 is 11.6 Å². The van der Waals surface area contributed by atoms with E-state index in [2.05, 4.69) is 20.2 Å². The van der Waals surface area contributed by atoms with Crippen LogP contribution in [0, 0.1) is 0 Å². The lowest BCUT2D eigenvalue weighted by Gasteiger charge is -2.32. The zero-order chi connectivity index (χ0) is 10.3. The zero-order valence-electron chi connectivity index (χ0n) is 9.03. The van der Waals surface area contributed by atoms with Gasteiger partial charge in [0, 0.05) is 32.1 Å². The predicted molar refractivity (Wildman–Crippen MR) is 60.4 cm³/mol. The first-order chi connectivity index (χ1) is 7.36. The molecule has 1 N–H and O–H groups in total. The minimum absolute atomic E-state index is 0.623. The Morgan fingerprint density at radius 3 is 2.67 bits per heavy atom. The van der Waals surface area contributed by atoms with Gasteiger partial charge in [-0.25, -0.2) is 9.97 Å². The third kappa shape index (κ3) is 1.64. The van der Waals surface area contributed by atoms with Gasteiger partial charge >= 0.3 is 0 Å². The summed E-state index contributed by atoms with van der Waals surface area (Å²) in [6.07, 6.45) is 3.80. The monoisotopic (exact) mass is 204 g/mol. The van der Waals surface area contributed by atoms with Crippen LogP contribution in [-0.4, -0.2) is 30.1 Å². The Morgan fingerprint density at radius 1 is 1.33 bits per heavy atom. The molecule has 1 aliphatic heterocycles. The molecule has 0 spiro atoms. The molecule has 80 valence electrons. The molecule has 0 amide bonds. The Kier molecular flexibility index (Phi) is 2.01. The fourth-order valence-corrected chi connectivity index (χ4v) is 1.81. The maximum Gasteiger partial charge on any atom is 0.136 e. The number of nitrogens with one attached hydrogen (secondary N) is 1. The first-order valence-corrected chi connectivity index (χ1v) is 5.68. The average molecular weight is 204 g/mol. The van der Waals surface area contributed by atoms with Gasteiger partial charge in [0.2, 0.25) is 0 Å². The van der Waals surface area contributed by atoms with Gasteiger partial charge in [0.1, 0.15) is 17.5 Å². The molecule has 1 aromatic heterocycles. The number of rotatable bonds is 3. The van der Waals surface area contributed by atoms with Crippen LogP contribution in [0.5, 0.6) is 0 Å². The van der Waals surface area contributed by atoms with Crippen LogP contribution in [0.4, 0.5) is 11.6 Å². The second-order valence-electron chi connectivity index (χ2n) is 4.33. The third-order valence-corrected chi connectivity index (χ3v) is 3.11. The molecule has 0 aromatic carbocycles. The molecule has 0 atom stereocenters. The van der Waals surface area contributed by atoms with Crippen molar-refractivity contribution in [3.63, 3.8) is 0 Å². The molecule has 4 heteroatoms. The third-order valence-electron chi connectivity index (χ3n) is 3.11. The van der Waals surface area contributed by atoms with Gasteiger partial charge in [0.15, 0.2) is 0 Å². The van der Waals surface area contributed by atoms with Gasteiger partial charge in [0.25, 0.3) is 0 Å². The summed E-state index contributed by atoms with van der Waals surface area (Å²) in [5, 5.41) is 3.12.